The Hall–Kier alpha value is -1.29. The van der Waals surface area contributed by atoms with E-state index in [4.69, 9.17) is 27.4 Å². The van der Waals surface area contributed by atoms with Gasteiger partial charge in [-0.1, -0.05) is 18.3 Å². The fraction of sp³-hybridized carbons (Fsp3) is 0.364. The van der Waals surface area contributed by atoms with E-state index in [0.717, 1.165) is 11.3 Å². The fourth-order valence-electron chi connectivity index (χ4n) is 1.30. The van der Waals surface area contributed by atoms with Crippen LogP contribution >= 0.6 is 12.2 Å². The van der Waals surface area contributed by atoms with E-state index in [1.807, 2.05) is 25.1 Å². The molecule has 0 radical (unpaired) electrons. The van der Waals surface area contributed by atoms with E-state index < -0.39 is 0 Å². The van der Waals surface area contributed by atoms with E-state index in [1.54, 1.807) is 7.11 Å². The van der Waals surface area contributed by atoms with Gasteiger partial charge in [0.1, 0.15) is 0 Å². The van der Waals surface area contributed by atoms with Gasteiger partial charge in [0.05, 0.1) is 18.7 Å². The van der Waals surface area contributed by atoms with Crippen molar-refractivity contribution in [3.05, 3.63) is 23.8 Å². The number of hydrogen-bond acceptors (Lipinski definition) is 3. The molecule has 0 aliphatic rings. The second-order valence-corrected chi connectivity index (χ2v) is 3.59. The Morgan fingerprint density at radius 3 is 2.67 bits per heavy atom. The second kappa shape index (κ2) is 5.56. The van der Waals surface area contributed by atoms with Crippen LogP contribution in [0, 0.1) is 0 Å². The van der Waals surface area contributed by atoms with E-state index in [-0.39, 0.29) is 0 Å². The van der Waals surface area contributed by atoms with E-state index in [1.165, 1.54) is 0 Å². The molecule has 3 nitrogen and oxygen atoms in total. The standard InChI is InChI=1S/C11H15NO2S/c1-3-14-9-5-4-8(7-11(12)15)6-10(9)13-2/h4-6H,3,7H2,1-2H3,(H2,12,15). The Balaban J connectivity index is 2.91. The van der Waals surface area contributed by atoms with Crippen LogP contribution in [0.25, 0.3) is 0 Å². The Morgan fingerprint density at radius 2 is 2.13 bits per heavy atom. The molecule has 0 aromatic heterocycles. The van der Waals surface area contributed by atoms with Crippen molar-refractivity contribution in [3.63, 3.8) is 0 Å². The maximum Gasteiger partial charge on any atom is 0.161 e. The number of methoxy groups -OCH3 is 1. The molecular weight excluding hydrogens is 210 g/mol. The zero-order valence-electron chi connectivity index (χ0n) is 8.95. The van der Waals surface area contributed by atoms with Crippen LogP contribution in [-0.2, 0) is 6.42 Å². The summed E-state index contributed by atoms with van der Waals surface area (Å²) in [5.74, 6) is 1.46. The molecule has 2 N–H and O–H groups in total. The lowest BCUT2D eigenvalue weighted by molar-refractivity contribution is 0.311. The molecule has 0 amide bonds. The Bertz CT molecular complexity index is 352. The van der Waals surface area contributed by atoms with Crippen LogP contribution in [-0.4, -0.2) is 18.7 Å². The molecule has 15 heavy (non-hydrogen) atoms. The van der Waals surface area contributed by atoms with Gasteiger partial charge in [-0.3, -0.25) is 0 Å². The predicted molar refractivity (Wildman–Crippen MR) is 64.7 cm³/mol. The fourth-order valence-corrected chi connectivity index (χ4v) is 1.46. The molecule has 0 aliphatic carbocycles. The number of thiocarbonyl (C=S) groups is 1. The molecule has 0 spiro atoms. The van der Waals surface area contributed by atoms with E-state index in [2.05, 4.69) is 0 Å². The summed E-state index contributed by atoms with van der Waals surface area (Å²) >= 11 is 4.85. The Morgan fingerprint density at radius 1 is 1.40 bits per heavy atom. The van der Waals surface area contributed by atoms with Crippen molar-refractivity contribution in [2.45, 2.75) is 13.3 Å². The number of nitrogens with two attached hydrogens (primary N) is 1. The minimum Gasteiger partial charge on any atom is -0.493 e. The maximum atomic E-state index is 5.47. The minimum atomic E-state index is 0.473. The lowest BCUT2D eigenvalue weighted by Crippen LogP contribution is -2.11. The third-order valence-electron chi connectivity index (χ3n) is 1.91. The van der Waals surface area contributed by atoms with Crippen molar-refractivity contribution >= 4 is 17.2 Å². The molecule has 0 saturated carbocycles. The van der Waals surface area contributed by atoms with Crippen LogP contribution < -0.4 is 15.2 Å². The van der Waals surface area contributed by atoms with Gasteiger partial charge in [0.15, 0.2) is 11.5 Å². The number of benzene rings is 1. The summed E-state index contributed by atoms with van der Waals surface area (Å²) in [6.07, 6.45) is 0.581. The van der Waals surface area contributed by atoms with Crippen LogP contribution in [0.2, 0.25) is 0 Å². The summed E-state index contributed by atoms with van der Waals surface area (Å²) < 4.78 is 10.6. The summed E-state index contributed by atoms with van der Waals surface area (Å²) in [4.78, 5) is 0.473. The first kappa shape index (κ1) is 11.8. The molecule has 82 valence electrons. The van der Waals surface area contributed by atoms with Crippen LogP contribution in [0.15, 0.2) is 18.2 Å². The monoisotopic (exact) mass is 225 g/mol. The van der Waals surface area contributed by atoms with Crippen molar-refractivity contribution in [2.24, 2.45) is 5.73 Å². The van der Waals surface area contributed by atoms with Gasteiger partial charge in [0.25, 0.3) is 0 Å². The highest BCUT2D eigenvalue weighted by Crippen LogP contribution is 2.28. The molecular formula is C11H15NO2S. The quantitative estimate of drug-likeness (QED) is 0.778. The van der Waals surface area contributed by atoms with Gasteiger partial charge in [-0.15, -0.1) is 0 Å². The van der Waals surface area contributed by atoms with Gasteiger partial charge in [-0.05, 0) is 24.6 Å². The first-order valence-corrected chi connectivity index (χ1v) is 5.16. The van der Waals surface area contributed by atoms with Crippen molar-refractivity contribution in [1.82, 2.24) is 0 Å². The van der Waals surface area contributed by atoms with Gasteiger partial charge < -0.3 is 15.2 Å². The van der Waals surface area contributed by atoms with Crippen molar-refractivity contribution < 1.29 is 9.47 Å². The molecule has 0 unspecified atom stereocenters. The first-order chi connectivity index (χ1) is 7.17. The van der Waals surface area contributed by atoms with Crippen molar-refractivity contribution in [1.29, 1.82) is 0 Å². The molecule has 0 atom stereocenters. The number of ether oxygens (including phenoxy) is 2. The van der Waals surface area contributed by atoms with Gasteiger partial charge in [0.2, 0.25) is 0 Å². The van der Waals surface area contributed by atoms with Gasteiger partial charge in [-0.2, -0.15) is 0 Å². The second-order valence-electron chi connectivity index (χ2n) is 3.06. The van der Waals surface area contributed by atoms with Crippen molar-refractivity contribution in [2.75, 3.05) is 13.7 Å². The largest absolute Gasteiger partial charge is 0.493 e. The summed E-state index contributed by atoms with van der Waals surface area (Å²) in [6.45, 7) is 2.55. The van der Waals surface area contributed by atoms with Gasteiger partial charge in [-0.25, -0.2) is 0 Å². The molecule has 1 rings (SSSR count). The number of rotatable bonds is 5. The summed E-state index contributed by atoms with van der Waals surface area (Å²) in [5, 5.41) is 0. The van der Waals surface area contributed by atoms with Gasteiger partial charge in [0, 0.05) is 6.42 Å². The minimum absolute atomic E-state index is 0.473. The number of hydrogen-bond donors (Lipinski definition) is 1. The summed E-state index contributed by atoms with van der Waals surface area (Å²) in [5.41, 5.74) is 6.50. The molecule has 0 aliphatic heterocycles. The molecule has 1 aromatic carbocycles. The highest BCUT2D eigenvalue weighted by molar-refractivity contribution is 7.80. The average Bonchev–Trinajstić information content (AvgIpc) is 2.20. The SMILES string of the molecule is CCOc1ccc(CC(N)=S)cc1OC. The smallest absolute Gasteiger partial charge is 0.161 e. The lowest BCUT2D eigenvalue weighted by atomic mass is 10.1. The average molecular weight is 225 g/mol. The Kier molecular flexibility index (Phi) is 4.37. The lowest BCUT2D eigenvalue weighted by Gasteiger charge is -2.10. The third kappa shape index (κ3) is 3.40. The summed E-state index contributed by atoms with van der Waals surface area (Å²) in [6, 6.07) is 5.70. The first-order valence-electron chi connectivity index (χ1n) is 4.75. The maximum absolute atomic E-state index is 5.47. The van der Waals surface area contributed by atoms with E-state index in [0.29, 0.717) is 23.8 Å². The molecule has 1 aromatic rings. The third-order valence-corrected chi connectivity index (χ3v) is 2.05. The van der Waals surface area contributed by atoms with Crippen LogP contribution in [0.1, 0.15) is 12.5 Å². The predicted octanol–water partition coefficient (Wildman–Crippen LogP) is 1.92. The molecule has 4 heteroatoms. The van der Waals surface area contributed by atoms with Gasteiger partial charge >= 0.3 is 0 Å². The van der Waals surface area contributed by atoms with Crippen LogP contribution in [0.5, 0.6) is 11.5 Å². The zero-order valence-corrected chi connectivity index (χ0v) is 9.76. The highest BCUT2D eigenvalue weighted by Gasteiger charge is 2.05. The van der Waals surface area contributed by atoms with E-state index in [9.17, 15) is 0 Å². The molecule has 0 saturated heterocycles. The molecule has 0 bridgehead atoms. The Labute approximate surface area is 95.2 Å². The van der Waals surface area contributed by atoms with Crippen LogP contribution in [0.4, 0.5) is 0 Å². The molecule has 0 fully saturated rings. The normalized spacial score (nSPS) is 9.73. The topological polar surface area (TPSA) is 44.5 Å². The van der Waals surface area contributed by atoms with Crippen molar-refractivity contribution in [3.8, 4) is 11.5 Å². The zero-order chi connectivity index (χ0) is 11.3. The highest BCUT2D eigenvalue weighted by atomic mass is 32.1. The van der Waals surface area contributed by atoms with Crippen LogP contribution in [0.3, 0.4) is 0 Å². The summed E-state index contributed by atoms with van der Waals surface area (Å²) in [7, 11) is 1.61. The molecule has 0 heterocycles. The van der Waals surface area contributed by atoms with E-state index >= 15 is 0 Å².